The highest BCUT2D eigenvalue weighted by Crippen LogP contribution is 2.29. The summed E-state index contributed by atoms with van der Waals surface area (Å²) in [6.45, 7) is 5.00. The summed E-state index contributed by atoms with van der Waals surface area (Å²) in [7, 11) is 0. The fourth-order valence-corrected chi connectivity index (χ4v) is 4.94. The SMILES string of the molecule is CC(C)NC(=O)C1CCCN(c2nc3ncn(CC(=O)Nc4ccccc4Cl)c(=O)c3s2)C1. The van der Waals surface area contributed by atoms with Crippen LogP contribution in [0.1, 0.15) is 26.7 Å². The van der Waals surface area contributed by atoms with Gasteiger partial charge in [-0.05, 0) is 38.8 Å². The average Bonchev–Trinajstić information content (AvgIpc) is 3.22. The molecule has 2 amide bonds. The van der Waals surface area contributed by atoms with E-state index in [1.54, 1.807) is 24.3 Å². The maximum Gasteiger partial charge on any atom is 0.273 e. The zero-order chi connectivity index (χ0) is 23.5. The number of rotatable bonds is 6. The first kappa shape index (κ1) is 23.2. The molecule has 2 aromatic heterocycles. The molecule has 1 unspecified atom stereocenters. The summed E-state index contributed by atoms with van der Waals surface area (Å²) in [6, 6.07) is 6.98. The first-order valence-corrected chi connectivity index (χ1v) is 12.0. The van der Waals surface area contributed by atoms with E-state index in [1.165, 1.54) is 22.2 Å². The van der Waals surface area contributed by atoms with Crippen molar-refractivity contribution in [2.45, 2.75) is 39.3 Å². The van der Waals surface area contributed by atoms with Gasteiger partial charge >= 0.3 is 0 Å². The Morgan fingerprint density at radius 1 is 1.30 bits per heavy atom. The van der Waals surface area contributed by atoms with Crippen molar-refractivity contribution in [3.05, 3.63) is 46.0 Å². The van der Waals surface area contributed by atoms with Crippen LogP contribution in [0.4, 0.5) is 10.8 Å². The molecule has 9 nitrogen and oxygen atoms in total. The smallest absolute Gasteiger partial charge is 0.273 e. The lowest BCUT2D eigenvalue weighted by Gasteiger charge is -2.32. The Hall–Kier alpha value is -2.98. The highest BCUT2D eigenvalue weighted by molar-refractivity contribution is 7.22. The fourth-order valence-electron chi connectivity index (χ4n) is 3.76. The van der Waals surface area contributed by atoms with Gasteiger partial charge in [0, 0.05) is 19.1 Å². The van der Waals surface area contributed by atoms with Crippen molar-refractivity contribution >= 4 is 55.9 Å². The molecule has 1 fully saturated rings. The molecule has 4 rings (SSSR count). The fraction of sp³-hybridized carbons (Fsp3) is 0.409. The number of benzene rings is 1. The van der Waals surface area contributed by atoms with E-state index in [2.05, 4.69) is 20.6 Å². The number of nitrogens with one attached hydrogen (secondary N) is 2. The van der Waals surface area contributed by atoms with Crippen LogP contribution in [0.15, 0.2) is 35.4 Å². The molecule has 1 aliphatic heterocycles. The number of hydrogen-bond donors (Lipinski definition) is 2. The third-order valence-corrected chi connectivity index (χ3v) is 6.75. The Morgan fingerprint density at radius 3 is 2.85 bits per heavy atom. The van der Waals surface area contributed by atoms with Crippen LogP contribution in [0.3, 0.4) is 0 Å². The van der Waals surface area contributed by atoms with E-state index in [0.29, 0.717) is 32.7 Å². The van der Waals surface area contributed by atoms with Crippen molar-refractivity contribution in [1.82, 2.24) is 19.9 Å². The summed E-state index contributed by atoms with van der Waals surface area (Å²) >= 11 is 7.32. The number of para-hydroxylation sites is 1. The number of halogens is 1. The second-order valence-corrected chi connectivity index (χ2v) is 9.69. The van der Waals surface area contributed by atoms with E-state index < -0.39 is 0 Å². The number of anilines is 2. The predicted octanol–water partition coefficient (Wildman–Crippen LogP) is 2.89. The summed E-state index contributed by atoms with van der Waals surface area (Å²) < 4.78 is 1.64. The second-order valence-electron chi connectivity index (χ2n) is 8.30. The molecule has 33 heavy (non-hydrogen) atoms. The van der Waals surface area contributed by atoms with Gasteiger partial charge < -0.3 is 15.5 Å². The maximum absolute atomic E-state index is 13.0. The van der Waals surface area contributed by atoms with E-state index in [0.717, 1.165) is 19.4 Å². The van der Waals surface area contributed by atoms with E-state index in [-0.39, 0.29) is 35.9 Å². The van der Waals surface area contributed by atoms with Crippen LogP contribution in [0.25, 0.3) is 10.3 Å². The number of piperidine rings is 1. The molecule has 3 heterocycles. The van der Waals surface area contributed by atoms with E-state index in [1.807, 2.05) is 18.7 Å². The first-order chi connectivity index (χ1) is 15.8. The molecule has 1 atom stereocenters. The zero-order valence-corrected chi connectivity index (χ0v) is 19.9. The molecule has 0 saturated carbocycles. The number of thiazole rings is 1. The van der Waals surface area contributed by atoms with Crippen LogP contribution in [-0.4, -0.2) is 45.5 Å². The number of nitrogens with zero attached hydrogens (tertiary/aromatic N) is 4. The van der Waals surface area contributed by atoms with Gasteiger partial charge in [0.1, 0.15) is 17.6 Å². The molecule has 0 spiro atoms. The van der Waals surface area contributed by atoms with Crippen molar-refractivity contribution in [3.63, 3.8) is 0 Å². The average molecular weight is 489 g/mol. The van der Waals surface area contributed by atoms with Crippen LogP contribution < -0.4 is 21.1 Å². The van der Waals surface area contributed by atoms with Crippen molar-refractivity contribution in [3.8, 4) is 0 Å². The van der Waals surface area contributed by atoms with Gasteiger partial charge in [0.2, 0.25) is 11.8 Å². The van der Waals surface area contributed by atoms with Crippen LogP contribution >= 0.6 is 22.9 Å². The third-order valence-electron chi connectivity index (χ3n) is 5.33. The molecule has 1 saturated heterocycles. The third kappa shape index (κ3) is 5.33. The summed E-state index contributed by atoms with van der Waals surface area (Å²) in [5, 5.41) is 6.75. The normalized spacial score (nSPS) is 16.2. The Bertz CT molecular complexity index is 1240. The first-order valence-electron chi connectivity index (χ1n) is 10.8. The second kappa shape index (κ2) is 9.88. The van der Waals surface area contributed by atoms with Gasteiger partial charge in [0.15, 0.2) is 10.8 Å². The minimum absolute atomic E-state index is 0.0424. The van der Waals surface area contributed by atoms with Gasteiger partial charge in [-0.25, -0.2) is 4.98 Å². The van der Waals surface area contributed by atoms with Crippen molar-refractivity contribution in [1.29, 1.82) is 0 Å². The topological polar surface area (TPSA) is 109 Å². The van der Waals surface area contributed by atoms with Gasteiger partial charge in [-0.1, -0.05) is 35.1 Å². The Balaban J connectivity index is 1.50. The van der Waals surface area contributed by atoms with E-state index in [4.69, 9.17) is 11.6 Å². The van der Waals surface area contributed by atoms with Gasteiger partial charge in [-0.2, -0.15) is 4.98 Å². The molecule has 0 aliphatic carbocycles. The minimum atomic E-state index is -0.383. The predicted molar refractivity (Wildman–Crippen MR) is 130 cm³/mol. The van der Waals surface area contributed by atoms with Gasteiger partial charge in [-0.3, -0.25) is 19.0 Å². The van der Waals surface area contributed by atoms with Crippen molar-refractivity contribution < 1.29 is 9.59 Å². The van der Waals surface area contributed by atoms with Crippen molar-refractivity contribution in [2.24, 2.45) is 5.92 Å². The maximum atomic E-state index is 13.0. The summed E-state index contributed by atoms with van der Waals surface area (Å²) in [4.78, 5) is 48.7. The van der Waals surface area contributed by atoms with E-state index >= 15 is 0 Å². The molecule has 1 aliphatic rings. The summed E-state index contributed by atoms with van der Waals surface area (Å²) in [6.07, 6.45) is 3.02. The number of carbonyl (C=O) groups excluding carboxylic acids is 2. The monoisotopic (exact) mass is 488 g/mol. The number of fused-ring (bicyclic) bond motifs is 1. The Kier molecular flexibility index (Phi) is 6.94. The molecule has 174 valence electrons. The van der Waals surface area contributed by atoms with Gasteiger partial charge in [-0.15, -0.1) is 0 Å². The lowest BCUT2D eigenvalue weighted by atomic mass is 9.97. The summed E-state index contributed by atoms with van der Waals surface area (Å²) in [5.74, 6) is -0.460. The molecule has 0 radical (unpaired) electrons. The molecule has 11 heteroatoms. The van der Waals surface area contributed by atoms with Gasteiger partial charge in [0.25, 0.3) is 5.56 Å². The minimum Gasteiger partial charge on any atom is -0.354 e. The van der Waals surface area contributed by atoms with Crippen LogP contribution in [0.5, 0.6) is 0 Å². The number of amides is 2. The Morgan fingerprint density at radius 2 is 2.09 bits per heavy atom. The number of carbonyl (C=O) groups is 2. The number of hydrogen-bond acceptors (Lipinski definition) is 7. The lowest BCUT2D eigenvalue weighted by Crippen LogP contribution is -2.44. The van der Waals surface area contributed by atoms with Crippen molar-refractivity contribution in [2.75, 3.05) is 23.3 Å². The molecular formula is C22H25ClN6O3S. The molecule has 3 aromatic rings. The summed E-state index contributed by atoms with van der Waals surface area (Å²) in [5.41, 5.74) is 0.494. The highest BCUT2D eigenvalue weighted by Gasteiger charge is 2.28. The number of aromatic nitrogens is 3. The van der Waals surface area contributed by atoms with E-state index in [9.17, 15) is 14.4 Å². The van der Waals surface area contributed by atoms with Crippen LogP contribution in [0, 0.1) is 5.92 Å². The quantitative estimate of drug-likeness (QED) is 0.552. The van der Waals surface area contributed by atoms with Gasteiger partial charge in [0.05, 0.1) is 16.6 Å². The highest BCUT2D eigenvalue weighted by atomic mass is 35.5. The molecule has 0 bridgehead atoms. The van der Waals surface area contributed by atoms with Crippen LogP contribution in [0.2, 0.25) is 5.02 Å². The molecule has 1 aromatic carbocycles. The molecule has 2 N–H and O–H groups in total. The molecular weight excluding hydrogens is 464 g/mol. The standard InChI is InChI=1S/C22H25ClN6O3S/c1-13(2)25-20(31)14-6-5-9-28(10-14)22-27-19-18(33-22)21(32)29(12-24-19)11-17(30)26-16-8-4-3-7-15(16)23/h3-4,7-8,12-14H,5-6,9-11H2,1-2H3,(H,25,31)(H,26,30). The lowest BCUT2D eigenvalue weighted by molar-refractivity contribution is -0.125. The largest absolute Gasteiger partial charge is 0.354 e. The van der Waals surface area contributed by atoms with Crippen LogP contribution in [-0.2, 0) is 16.1 Å². The zero-order valence-electron chi connectivity index (χ0n) is 18.4. The Labute approximate surface area is 199 Å².